The molecule has 0 radical (unpaired) electrons. The number of amides is 1. The van der Waals surface area contributed by atoms with Crippen LogP contribution in [0.15, 0.2) is 24.3 Å². The van der Waals surface area contributed by atoms with Crippen molar-refractivity contribution in [1.82, 2.24) is 10.2 Å². The van der Waals surface area contributed by atoms with Crippen molar-refractivity contribution in [3.05, 3.63) is 29.8 Å². The Morgan fingerprint density at radius 3 is 2.39 bits per heavy atom. The predicted octanol–water partition coefficient (Wildman–Crippen LogP) is 1.89. The van der Waals surface area contributed by atoms with Crippen molar-refractivity contribution in [2.45, 2.75) is 19.3 Å². The molecular weight excluding hydrogens is 248 g/mol. The molecule has 0 aliphatic carbocycles. The molecule has 1 amide bonds. The van der Waals surface area contributed by atoms with E-state index in [2.05, 4.69) is 5.32 Å². The van der Waals surface area contributed by atoms with Gasteiger partial charge in [-0.25, -0.2) is 0 Å². The summed E-state index contributed by atoms with van der Waals surface area (Å²) in [4.78, 5) is 13.9. The molecule has 1 aliphatic heterocycles. The van der Waals surface area contributed by atoms with Crippen molar-refractivity contribution in [3.63, 3.8) is 0 Å². The molecule has 1 fully saturated rings. The maximum absolute atomic E-state index is 11.9. The lowest BCUT2D eigenvalue weighted by Gasteiger charge is -2.28. The van der Waals surface area contributed by atoms with Gasteiger partial charge in [0, 0.05) is 18.7 Å². The lowest BCUT2D eigenvalue weighted by atomic mass is 10.1. The molecule has 0 spiro atoms. The van der Waals surface area contributed by atoms with Gasteiger partial charge in [-0.05, 0) is 55.7 Å². The molecule has 0 unspecified atom stereocenters. The quantitative estimate of drug-likeness (QED) is 0.761. The predicted molar refractivity (Wildman–Crippen MR) is 73.6 cm³/mol. The van der Waals surface area contributed by atoms with E-state index in [1.165, 1.54) is 18.6 Å². The van der Waals surface area contributed by atoms with E-state index in [1.807, 2.05) is 4.90 Å². The summed E-state index contributed by atoms with van der Waals surface area (Å²) in [5, 5.41) is 12.4. The Bertz CT molecular complexity index is 439. The van der Waals surface area contributed by atoms with Crippen molar-refractivity contribution in [2.75, 3.05) is 13.1 Å². The van der Waals surface area contributed by atoms with E-state index in [9.17, 15) is 4.79 Å². The maximum Gasteiger partial charge on any atom is 0.257 e. The highest BCUT2D eigenvalue weighted by Gasteiger charge is 2.15. The number of carbonyl (C=O) groups is 1. The summed E-state index contributed by atoms with van der Waals surface area (Å²) < 4.78 is 0. The van der Waals surface area contributed by atoms with E-state index in [-0.39, 0.29) is 11.7 Å². The Morgan fingerprint density at radius 2 is 1.78 bits per heavy atom. The summed E-state index contributed by atoms with van der Waals surface area (Å²) in [5.74, 6) is -0.0873. The van der Waals surface area contributed by atoms with Gasteiger partial charge >= 0.3 is 0 Å². The van der Waals surface area contributed by atoms with Crippen LogP contribution in [0, 0.1) is 0 Å². The minimum Gasteiger partial charge on any atom is -0.508 e. The summed E-state index contributed by atoms with van der Waals surface area (Å²) in [5.41, 5.74) is 0.493. The van der Waals surface area contributed by atoms with Crippen LogP contribution in [-0.4, -0.2) is 34.1 Å². The van der Waals surface area contributed by atoms with E-state index in [1.54, 1.807) is 12.1 Å². The fourth-order valence-corrected chi connectivity index (χ4v) is 2.23. The first-order chi connectivity index (χ1) is 8.66. The van der Waals surface area contributed by atoms with Gasteiger partial charge in [-0.3, -0.25) is 10.1 Å². The van der Waals surface area contributed by atoms with Crippen LogP contribution in [0.5, 0.6) is 5.75 Å². The van der Waals surface area contributed by atoms with Gasteiger partial charge in [0.15, 0.2) is 5.11 Å². The average molecular weight is 264 g/mol. The Hall–Kier alpha value is -1.62. The number of nitrogens with one attached hydrogen (secondary N) is 1. The number of hydrogen-bond acceptors (Lipinski definition) is 3. The molecule has 5 heteroatoms. The first-order valence-electron chi connectivity index (χ1n) is 6.06. The molecule has 4 nitrogen and oxygen atoms in total. The van der Waals surface area contributed by atoms with E-state index in [4.69, 9.17) is 17.3 Å². The van der Waals surface area contributed by atoms with Crippen LogP contribution in [0.4, 0.5) is 0 Å². The van der Waals surface area contributed by atoms with Gasteiger partial charge in [0.1, 0.15) is 5.75 Å². The van der Waals surface area contributed by atoms with Gasteiger partial charge < -0.3 is 10.0 Å². The highest BCUT2D eigenvalue weighted by molar-refractivity contribution is 7.80. The molecule has 0 bridgehead atoms. The van der Waals surface area contributed by atoms with Crippen molar-refractivity contribution >= 4 is 23.2 Å². The third-order valence-corrected chi connectivity index (χ3v) is 3.35. The average Bonchev–Trinajstić information content (AvgIpc) is 2.40. The zero-order valence-electron chi connectivity index (χ0n) is 10.1. The number of carbonyl (C=O) groups excluding carboxylic acids is 1. The Balaban J connectivity index is 1.94. The first-order valence-corrected chi connectivity index (χ1v) is 6.47. The van der Waals surface area contributed by atoms with E-state index >= 15 is 0 Å². The molecule has 0 aromatic heterocycles. The Morgan fingerprint density at radius 1 is 1.17 bits per heavy atom. The molecular formula is C13H16N2O2S. The van der Waals surface area contributed by atoms with E-state index < -0.39 is 0 Å². The summed E-state index contributed by atoms with van der Waals surface area (Å²) in [6, 6.07) is 6.12. The molecule has 1 aromatic rings. The molecule has 1 heterocycles. The van der Waals surface area contributed by atoms with Crippen LogP contribution < -0.4 is 5.32 Å². The number of phenols is 1. The van der Waals surface area contributed by atoms with Gasteiger partial charge in [0.05, 0.1) is 0 Å². The standard InChI is InChI=1S/C13H16N2O2S/c16-11-6-4-10(5-7-11)12(17)14-13(18)15-8-2-1-3-9-15/h4-7,16H,1-3,8-9H2,(H,14,17,18). The molecule has 1 aromatic carbocycles. The molecule has 18 heavy (non-hydrogen) atoms. The number of benzene rings is 1. The highest BCUT2D eigenvalue weighted by atomic mass is 32.1. The number of likely N-dealkylation sites (tertiary alicyclic amines) is 1. The van der Waals surface area contributed by atoms with Crippen molar-refractivity contribution in [1.29, 1.82) is 0 Å². The van der Waals surface area contributed by atoms with E-state index in [0.717, 1.165) is 25.9 Å². The minimum atomic E-state index is -0.231. The number of phenolic OH excluding ortho intramolecular Hbond substituents is 1. The zero-order chi connectivity index (χ0) is 13.0. The Kier molecular flexibility index (Phi) is 4.15. The number of thiocarbonyl (C=S) groups is 1. The summed E-state index contributed by atoms with van der Waals surface area (Å²) in [6.45, 7) is 1.82. The van der Waals surface area contributed by atoms with Crippen molar-refractivity contribution in [3.8, 4) is 5.75 Å². The topological polar surface area (TPSA) is 52.6 Å². The van der Waals surface area contributed by atoms with Gasteiger partial charge in [-0.1, -0.05) is 0 Å². The fraction of sp³-hybridized carbons (Fsp3) is 0.385. The minimum absolute atomic E-state index is 0.144. The molecule has 2 N–H and O–H groups in total. The van der Waals surface area contributed by atoms with Crippen LogP contribution in [0.3, 0.4) is 0 Å². The normalized spacial score (nSPS) is 15.2. The second-order valence-corrected chi connectivity index (χ2v) is 4.74. The molecule has 1 aliphatic rings. The van der Waals surface area contributed by atoms with E-state index in [0.29, 0.717) is 10.7 Å². The zero-order valence-corrected chi connectivity index (χ0v) is 10.9. The first kappa shape index (κ1) is 12.8. The largest absolute Gasteiger partial charge is 0.508 e. The van der Waals surface area contributed by atoms with Crippen LogP contribution in [0.1, 0.15) is 29.6 Å². The van der Waals surface area contributed by atoms with Crippen LogP contribution in [0.25, 0.3) is 0 Å². The maximum atomic E-state index is 11.9. The van der Waals surface area contributed by atoms with Crippen molar-refractivity contribution in [2.24, 2.45) is 0 Å². The summed E-state index contributed by atoms with van der Waals surface area (Å²) in [7, 11) is 0. The van der Waals surface area contributed by atoms with Gasteiger partial charge in [0.25, 0.3) is 5.91 Å². The van der Waals surface area contributed by atoms with Crippen LogP contribution >= 0.6 is 12.2 Å². The summed E-state index contributed by atoms with van der Waals surface area (Å²) >= 11 is 5.22. The summed E-state index contributed by atoms with van der Waals surface area (Å²) in [6.07, 6.45) is 3.47. The Labute approximate surface area is 112 Å². The van der Waals surface area contributed by atoms with Crippen molar-refractivity contribution < 1.29 is 9.90 Å². The number of piperidine rings is 1. The van der Waals surface area contributed by atoms with Gasteiger partial charge in [-0.2, -0.15) is 0 Å². The fourth-order valence-electron chi connectivity index (χ4n) is 1.96. The van der Waals surface area contributed by atoms with Gasteiger partial charge in [0.2, 0.25) is 0 Å². The van der Waals surface area contributed by atoms with Gasteiger partial charge in [-0.15, -0.1) is 0 Å². The second-order valence-electron chi connectivity index (χ2n) is 4.35. The SMILES string of the molecule is O=C(NC(=S)N1CCCCC1)c1ccc(O)cc1. The lowest BCUT2D eigenvalue weighted by molar-refractivity contribution is 0.0972. The number of aromatic hydroxyl groups is 1. The molecule has 0 saturated carbocycles. The van der Waals surface area contributed by atoms with Crippen LogP contribution in [0.2, 0.25) is 0 Å². The third-order valence-electron chi connectivity index (χ3n) is 2.99. The third kappa shape index (κ3) is 3.20. The monoisotopic (exact) mass is 264 g/mol. The molecule has 1 saturated heterocycles. The molecule has 0 atom stereocenters. The van der Waals surface area contributed by atoms with Crippen LogP contribution in [-0.2, 0) is 0 Å². The smallest absolute Gasteiger partial charge is 0.257 e. The lowest BCUT2D eigenvalue weighted by Crippen LogP contribution is -2.44. The number of nitrogens with zero attached hydrogens (tertiary/aromatic N) is 1. The number of rotatable bonds is 1. The molecule has 2 rings (SSSR count). The highest BCUT2D eigenvalue weighted by Crippen LogP contribution is 2.11. The number of hydrogen-bond donors (Lipinski definition) is 2. The molecule has 96 valence electrons. The second kappa shape index (κ2) is 5.82.